The number of hydrogen-bond donors (Lipinski definition) is 2. The maximum Gasteiger partial charge on any atom is 0.141 e. The lowest BCUT2D eigenvalue weighted by Gasteiger charge is -2.01. The first-order valence-electron chi connectivity index (χ1n) is 6.03. The Bertz CT molecular complexity index is 381. The second-order valence-electron chi connectivity index (χ2n) is 2.75. The molecule has 2 N–H and O–H groups in total. The van der Waals surface area contributed by atoms with Crippen LogP contribution < -0.4 is 0 Å². The van der Waals surface area contributed by atoms with Crippen LogP contribution in [-0.4, -0.2) is 16.9 Å². The summed E-state index contributed by atoms with van der Waals surface area (Å²) in [5.41, 5.74) is 1.23. The molecule has 1 rings (SSSR count). The summed E-state index contributed by atoms with van der Waals surface area (Å²) in [7, 11) is 0. The fourth-order valence-electron chi connectivity index (χ4n) is 0.934. The Hall–Kier alpha value is -1.84. The Morgan fingerprint density at radius 1 is 1.22 bits per heavy atom. The molecule has 0 aliphatic heterocycles. The maximum atomic E-state index is 12.5. The van der Waals surface area contributed by atoms with E-state index in [9.17, 15) is 4.39 Å². The van der Waals surface area contributed by atoms with Gasteiger partial charge in [0.1, 0.15) is 5.82 Å². The van der Waals surface area contributed by atoms with E-state index in [0.717, 1.165) is 12.4 Å². The van der Waals surface area contributed by atoms with Gasteiger partial charge in [-0.15, -0.1) is 0 Å². The molecule has 0 amide bonds. The van der Waals surface area contributed by atoms with Crippen LogP contribution >= 0.6 is 0 Å². The number of aromatic nitrogens is 1. The summed E-state index contributed by atoms with van der Waals surface area (Å²) < 4.78 is 12.5. The fourth-order valence-corrected chi connectivity index (χ4v) is 0.934. The van der Waals surface area contributed by atoms with E-state index < -0.39 is 5.82 Å². The van der Waals surface area contributed by atoms with E-state index in [4.69, 9.17) is 10.8 Å². The van der Waals surface area contributed by atoms with Crippen molar-refractivity contribution in [3.05, 3.63) is 41.5 Å². The van der Waals surface area contributed by atoms with Gasteiger partial charge < -0.3 is 5.41 Å². The van der Waals surface area contributed by atoms with Gasteiger partial charge in [-0.05, 0) is 30.7 Å². The Kier molecular flexibility index (Phi) is 12.0. The summed E-state index contributed by atoms with van der Waals surface area (Å²) in [6.45, 7) is 9.71. The number of allylic oxidation sites excluding steroid dienone is 2. The van der Waals surface area contributed by atoms with Crippen LogP contribution in [0.3, 0.4) is 0 Å². The lowest BCUT2D eigenvalue weighted by molar-refractivity contribution is 0.621. The number of pyridine rings is 1. The lowest BCUT2D eigenvalue weighted by atomic mass is 10.1. The average Bonchev–Trinajstić information content (AvgIpc) is 2.43. The van der Waals surface area contributed by atoms with Crippen molar-refractivity contribution in [3.8, 4) is 0 Å². The minimum atomic E-state index is -0.421. The van der Waals surface area contributed by atoms with Crippen LogP contribution in [0.5, 0.6) is 0 Å². The zero-order chi connectivity index (χ0) is 14.6. The lowest BCUT2D eigenvalue weighted by Crippen LogP contribution is -2.03. The highest BCUT2D eigenvalue weighted by Crippen LogP contribution is 2.05. The molecule has 0 unspecified atom stereocenters. The highest BCUT2D eigenvalue weighted by atomic mass is 19.1. The summed E-state index contributed by atoms with van der Waals surface area (Å²) >= 11 is 0. The molecule has 1 aromatic heterocycles. The van der Waals surface area contributed by atoms with Gasteiger partial charge in [-0.3, -0.25) is 10.4 Å². The van der Waals surface area contributed by atoms with Gasteiger partial charge in [0.2, 0.25) is 0 Å². The van der Waals surface area contributed by atoms with Crippen molar-refractivity contribution in [2.24, 2.45) is 0 Å². The Labute approximate surface area is 109 Å². The quantitative estimate of drug-likeness (QED) is 0.775. The second kappa shape index (κ2) is 11.6. The van der Waals surface area contributed by atoms with Crippen molar-refractivity contribution in [2.45, 2.75) is 34.6 Å². The van der Waals surface area contributed by atoms with Crippen LogP contribution in [0.4, 0.5) is 4.39 Å². The van der Waals surface area contributed by atoms with Crippen molar-refractivity contribution in [1.29, 1.82) is 10.8 Å². The molecule has 0 radical (unpaired) electrons. The minimum absolute atomic E-state index is 0.202. The molecule has 0 aromatic carbocycles. The number of rotatable bonds is 3. The van der Waals surface area contributed by atoms with Gasteiger partial charge in [0.25, 0.3) is 0 Å². The van der Waals surface area contributed by atoms with Gasteiger partial charge in [0.15, 0.2) is 0 Å². The molecule has 4 heteroatoms. The minimum Gasteiger partial charge on any atom is -0.309 e. The molecule has 0 bridgehead atoms. The van der Waals surface area contributed by atoms with Crippen molar-refractivity contribution in [2.75, 3.05) is 0 Å². The van der Waals surface area contributed by atoms with E-state index in [1.165, 1.54) is 18.2 Å². The Balaban J connectivity index is 0. The topological polar surface area (TPSA) is 60.6 Å². The second-order valence-corrected chi connectivity index (χ2v) is 2.75. The highest BCUT2D eigenvalue weighted by molar-refractivity contribution is 6.10. The maximum absolute atomic E-state index is 12.5. The van der Waals surface area contributed by atoms with Crippen LogP contribution in [0.15, 0.2) is 30.0 Å². The molecule has 0 aliphatic carbocycles. The van der Waals surface area contributed by atoms with Crippen LogP contribution in [0.25, 0.3) is 0 Å². The van der Waals surface area contributed by atoms with Crippen LogP contribution in [0.1, 0.15) is 40.3 Å². The van der Waals surface area contributed by atoms with E-state index >= 15 is 0 Å². The smallest absolute Gasteiger partial charge is 0.141 e. The largest absolute Gasteiger partial charge is 0.309 e. The first-order valence-corrected chi connectivity index (χ1v) is 6.03. The monoisotopic (exact) mass is 251 g/mol. The van der Waals surface area contributed by atoms with E-state index in [2.05, 4.69) is 4.98 Å². The van der Waals surface area contributed by atoms with E-state index in [1.807, 2.05) is 27.7 Å². The average molecular weight is 251 g/mol. The normalized spacial score (nSPS) is 9.33. The third-order valence-corrected chi connectivity index (χ3v) is 1.71. The number of nitrogens with zero attached hydrogens (tertiary/aromatic N) is 1. The standard InChI is InChI=1S/C10H10FN3.2C2H6/c1-7(4-5-12)10(13)9-3-2-8(11)6-14-9;2*1-2/h2-6,12-13H,1H3;2*1-2H3/b7-4-,12-5?,13-10?;;. The Morgan fingerprint density at radius 2 is 1.78 bits per heavy atom. The van der Waals surface area contributed by atoms with Gasteiger partial charge in [0, 0.05) is 6.21 Å². The molecule has 18 heavy (non-hydrogen) atoms. The first kappa shape index (κ1) is 18.5. The molecule has 1 aromatic rings. The van der Waals surface area contributed by atoms with Crippen LogP contribution in [-0.2, 0) is 0 Å². The molecule has 0 saturated carbocycles. The van der Waals surface area contributed by atoms with E-state index in [0.29, 0.717) is 11.3 Å². The van der Waals surface area contributed by atoms with E-state index in [-0.39, 0.29) is 5.71 Å². The molecular weight excluding hydrogens is 229 g/mol. The van der Waals surface area contributed by atoms with Crippen LogP contribution in [0.2, 0.25) is 0 Å². The first-order chi connectivity index (χ1) is 8.65. The van der Waals surface area contributed by atoms with Crippen molar-refractivity contribution in [3.63, 3.8) is 0 Å². The summed E-state index contributed by atoms with van der Waals surface area (Å²) in [6.07, 6.45) is 3.67. The van der Waals surface area contributed by atoms with Crippen molar-refractivity contribution in [1.82, 2.24) is 4.98 Å². The van der Waals surface area contributed by atoms with E-state index in [1.54, 1.807) is 6.92 Å². The zero-order valence-corrected chi connectivity index (χ0v) is 11.7. The van der Waals surface area contributed by atoms with Crippen LogP contribution in [0, 0.1) is 16.6 Å². The SMILES string of the molecule is C/C(=C/C=N)C(=N)c1ccc(F)cn1.CC.CC. The summed E-state index contributed by atoms with van der Waals surface area (Å²) in [5.74, 6) is -0.421. The number of halogens is 1. The Morgan fingerprint density at radius 3 is 2.17 bits per heavy atom. The highest BCUT2D eigenvalue weighted by Gasteiger charge is 2.04. The molecule has 0 atom stereocenters. The molecule has 0 fully saturated rings. The fraction of sp³-hybridized carbons (Fsp3) is 0.357. The molecule has 0 saturated heterocycles. The molecule has 0 spiro atoms. The summed E-state index contributed by atoms with van der Waals surface area (Å²) in [4.78, 5) is 3.77. The van der Waals surface area contributed by atoms with Gasteiger partial charge >= 0.3 is 0 Å². The van der Waals surface area contributed by atoms with Crippen molar-refractivity contribution < 1.29 is 4.39 Å². The summed E-state index contributed by atoms with van der Waals surface area (Å²) in [5, 5.41) is 14.5. The third-order valence-electron chi connectivity index (χ3n) is 1.71. The van der Waals surface area contributed by atoms with Gasteiger partial charge in [0.05, 0.1) is 17.6 Å². The predicted octanol–water partition coefficient (Wildman–Crippen LogP) is 4.24. The molecular formula is C14H22FN3. The van der Waals surface area contributed by atoms with Crippen molar-refractivity contribution >= 4 is 11.9 Å². The number of hydrogen-bond acceptors (Lipinski definition) is 3. The van der Waals surface area contributed by atoms with Gasteiger partial charge in [-0.1, -0.05) is 27.7 Å². The third kappa shape index (κ3) is 6.68. The number of nitrogens with one attached hydrogen (secondary N) is 2. The zero-order valence-electron chi connectivity index (χ0n) is 11.7. The van der Waals surface area contributed by atoms with Gasteiger partial charge in [-0.2, -0.15) is 0 Å². The molecule has 0 aliphatic rings. The molecule has 100 valence electrons. The summed E-state index contributed by atoms with van der Waals surface area (Å²) in [6, 6.07) is 2.70. The molecule has 1 heterocycles. The van der Waals surface area contributed by atoms with Gasteiger partial charge in [-0.25, -0.2) is 4.39 Å². The predicted molar refractivity (Wildman–Crippen MR) is 76.3 cm³/mol. The molecule has 3 nitrogen and oxygen atoms in total.